The van der Waals surface area contributed by atoms with E-state index in [1.165, 1.54) is 0 Å². The number of benzene rings is 2. The van der Waals surface area contributed by atoms with Gasteiger partial charge in [-0.2, -0.15) is 0 Å². The Hall–Kier alpha value is -1.58. The van der Waals surface area contributed by atoms with Crippen LogP contribution in [-0.4, -0.2) is 4.98 Å². The lowest BCUT2D eigenvalue weighted by molar-refractivity contribution is 1.40. The summed E-state index contributed by atoms with van der Waals surface area (Å²) in [6, 6.07) is 15.8. The molecule has 0 bridgehead atoms. The molecule has 0 spiro atoms. The third-order valence-corrected chi connectivity index (χ3v) is 3.62. The van der Waals surface area contributed by atoms with Crippen molar-refractivity contribution in [3.05, 3.63) is 64.2 Å². The van der Waals surface area contributed by atoms with Crippen LogP contribution in [0.1, 0.15) is 0 Å². The van der Waals surface area contributed by atoms with Crippen LogP contribution in [0, 0.1) is 0 Å². The van der Waals surface area contributed by atoms with Gasteiger partial charge in [0.05, 0.1) is 10.5 Å². The number of para-hydroxylation sites is 1. The number of hydrogen-bond donors (Lipinski definition) is 1. The lowest BCUT2D eigenvalue weighted by Gasteiger charge is -2.10. The molecule has 19 heavy (non-hydrogen) atoms. The molecule has 0 radical (unpaired) electrons. The molecule has 2 aromatic carbocycles. The van der Waals surface area contributed by atoms with E-state index in [0.29, 0.717) is 5.02 Å². The highest BCUT2D eigenvalue weighted by Gasteiger charge is 2.05. The van der Waals surface area contributed by atoms with E-state index in [2.05, 4.69) is 26.2 Å². The molecule has 0 unspecified atom stereocenters. The van der Waals surface area contributed by atoms with Crippen molar-refractivity contribution < 1.29 is 0 Å². The second-order valence-corrected chi connectivity index (χ2v) is 5.45. The lowest BCUT2D eigenvalue weighted by atomic mass is 10.2. The minimum absolute atomic E-state index is 0.662. The molecule has 0 fully saturated rings. The molecule has 0 saturated heterocycles. The molecule has 0 aliphatic rings. The summed E-state index contributed by atoms with van der Waals surface area (Å²) in [6.07, 6.45) is 1.76. The van der Waals surface area contributed by atoms with Gasteiger partial charge in [0.25, 0.3) is 0 Å². The maximum Gasteiger partial charge on any atom is 0.0908 e. The number of hydrogen-bond acceptors (Lipinski definition) is 2. The summed E-state index contributed by atoms with van der Waals surface area (Å²) in [5.41, 5.74) is 2.82. The highest BCUT2D eigenvalue weighted by Crippen LogP contribution is 2.29. The van der Waals surface area contributed by atoms with E-state index in [1.807, 2.05) is 48.5 Å². The number of pyridine rings is 1. The van der Waals surface area contributed by atoms with E-state index in [9.17, 15) is 0 Å². The average molecular weight is 334 g/mol. The summed E-state index contributed by atoms with van der Waals surface area (Å²) in [4.78, 5) is 4.32. The van der Waals surface area contributed by atoms with E-state index >= 15 is 0 Å². The molecule has 0 aliphatic carbocycles. The molecule has 1 aromatic heterocycles. The fraction of sp³-hybridized carbons (Fsp3) is 0. The van der Waals surface area contributed by atoms with Gasteiger partial charge in [0.15, 0.2) is 0 Å². The Kier molecular flexibility index (Phi) is 3.40. The fourth-order valence-corrected chi connectivity index (χ4v) is 2.59. The summed E-state index contributed by atoms with van der Waals surface area (Å²) in [5.74, 6) is 0. The normalized spacial score (nSPS) is 10.6. The molecule has 1 N–H and O–H groups in total. The average Bonchev–Trinajstić information content (AvgIpc) is 2.40. The molecule has 0 atom stereocenters. The van der Waals surface area contributed by atoms with Crippen molar-refractivity contribution >= 4 is 49.8 Å². The Morgan fingerprint density at radius 1 is 1.05 bits per heavy atom. The first-order chi connectivity index (χ1) is 9.24. The fourth-order valence-electron chi connectivity index (χ4n) is 1.97. The SMILES string of the molecule is Clc1cccc2c(Nc3cccc(Br)c3)ccnc12. The highest BCUT2D eigenvalue weighted by atomic mass is 79.9. The predicted molar refractivity (Wildman–Crippen MR) is 84.2 cm³/mol. The minimum Gasteiger partial charge on any atom is -0.355 e. The van der Waals surface area contributed by atoms with Crippen molar-refractivity contribution in [2.45, 2.75) is 0 Å². The smallest absolute Gasteiger partial charge is 0.0908 e. The zero-order chi connectivity index (χ0) is 13.2. The monoisotopic (exact) mass is 332 g/mol. The van der Waals surface area contributed by atoms with Gasteiger partial charge < -0.3 is 5.32 Å². The van der Waals surface area contributed by atoms with Crippen molar-refractivity contribution in [1.82, 2.24) is 4.98 Å². The number of aromatic nitrogens is 1. The third kappa shape index (κ3) is 2.57. The molecule has 3 rings (SSSR count). The van der Waals surface area contributed by atoms with Gasteiger partial charge in [-0.15, -0.1) is 0 Å². The van der Waals surface area contributed by atoms with E-state index in [0.717, 1.165) is 26.8 Å². The Morgan fingerprint density at radius 2 is 1.89 bits per heavy atom. The standard InChI is InChI=1S/C15H10BrClN2/c16-10-3-1-4-11(9-10)19-14-7-8-18-15-12(14)5-2-6-13(15)17/h1-9H,(H,18,19). The predicted octanol–water partition coefficient (Wildman–Crippen LogP) is 5.39. The van der Waals surface area contributed by atoms with E-state index < -0.39 is 0 Å². The molecule has 94 valence electrons. The number of nitrogens with one attached hydrogen (secondary N) is 1. The van der Waals surface area contributed by atoms with Gasteiger partial charge in [-0.05, 0) is 30.3 Å². The summed E-state index contributed by atoms with van der Waals surface area (Å²) >= 11 is 9.62. The van der Waals surface area contributed by atoms with Crippen LogP contribution < -0.4 is 5.32 Å². The topological polar surface area (TPSA) is 24.9 Å². The third-order valence-electron chi connectivity index (χ3n) is 2.83. The van der Waals surface area contributed by atoms with Gasteiger partial charge >= 0.3 is 0 Å². The van der Waals surface area contributed by atoms with Crippen molar-refractivity contribution in [1.29, 1.82) is 0 Å². The number of nitrogens with zero attached hydrogens (tertiary/aromatic N) is 1. The molecular weight excluding hydrogens is 324 g/mol. The molecule has 0 aliphatic heterocycles. The molecular formula is C15H10BrClN2. The van der Waals surface area contributed by atoms with Crippen LogP contribution in [-0.2, 0) is 0 Å². The first kappa shape index (κ1) is 12.5. The summed E-state index contributed by atoms with van der Waals surface area (Å²) in [5, 5.41) is 5.06. The molecule has 2 nitrogen and oxygen atoms in total. The number of halogens is 2. The van der Waals surface area contributed by atoms with Gasteiger partial charge in [-0.25, -0.2) is 0 Å². The minimum atomic E-state index is 0.662. The lowest BCUT2D eigenvalue weighted by Crippen LogP contribution is -1.92. The van der Waals surface area contributed by atoms with E-state index in [4.69, 9.17) is 11.6 Å². The van der Waals surface area contributed by atoms with E-state index in [1.54, 1.807) is 6.20 Å². The van der Waals surface area contributed by atoms with Crippen LogP contribution in [0.15, 0.2) is 59.2 Å². The zero-order valence-electron chi connectivity index (χ0n) is 9.90. The Balaban J connectivity index is 2.08. The second kappa shape index (κ2) is 5.19. The van der Waals surface area contributed by atoms with Gasteiger partial charge in [0, 0.05) is 27.4 Å². The highest BCUT2D eigenvalue weighted by molar-refractivity contribution is 9.10. The van der Waals surface area contributed by atoms with Gasteiger partial charge in [-0.1, -0.05) is 45.7 Å². The van der Waals surface area contributed by atoms with Crippen molar-refractivity contribution in [3.8, 4) is 0 Å². The van der Waals surface area contributed by atoms with Gasteiger partial charge in [0.1, 0.15) is 0 Å². The summed E-state index contributed by atoms with van der Waals surface area (Å²) in [7, 11) is 0. The van der Waals surface area contributed by atoms with Crippen LogP contribution in [0.4, 0.5) is 11.4 Å². The van der Waals surface area contributed by atoms with Gasteiger partial charge in [0.2, 0.25) is 0 Å². The van der Waals surface area contributed by atoms with Crippen LogP contribution in [0.25, 0.3) is 10.9 Å². The summed E-state index contributed by atoms with van der Waals surface area (Å²) < 4.78 is 1.04. The Bertz CT molecular complexity index is 743. The largest absolute Gasteiger partial charge is 0.355 e. The summed E-state index contributed by atoms with van der Waals surface area (Å²) in [6.45, 7) is 0. The quantitative estimate of drug-likeness (QED) is 0.679. The number of anilines is 2. The molecule has 1 heterocycles. The molecule has 0 amide bonds. The molecule has 4 heteroatoms. The maximum atomic E-state index is 6.16. The molecule has 3 aromatic rings. The van der Waals surface area contributed by atoms with Crippen LogP contribution in [0.5, 0.6) is 0 Å². The van der Waals surface area contributed by atoms with Crippen molar-refractivity contribution in [2.24, 2.45) is 0 Å². The molecule has 0 saturated carbocycles. The maximum absolute atomic E-state index is 6.16. The van der Waals surface area contributed by atoms with Crippen molar-refractivity contribution in [2.75, 3.05) is 5.32 Å². The Morgan fingerprint density at radius 3 is 2.74 bits per heavy atom. The van der Waals surface area contributed by atoms with Crippen LogP contribution in [0.2, 0.25) is 5.02 Å². The van der Waals surface area contributed by atoms with Crippen molar-refractivity contribution in [3.63, 3.8) is 0 Å². The first-order valence-corrected chi connectivity index (χ1v) is 6.97. The number of rotatable bonds is 2. The number of fused-ring (bicyclic) bond motifs is 1. The Labute approximate surface area is 124 Å². The van der Waals surface area contributed by atoms with Crippen LogP contribution in [0.3, 0.4) is 0 Å². The first-order valence-electron chi connectivity index (χ1n) is 5.80. The van der Waals surface area contributed by atoms with Gasteiger partial charge in [-0.3, -0.25) is 4.98 Å². The second-order valence-electron chi connectivity index (χ2n) is 4.13. The van der Waals surface area contributed by atoms with E-state index in [-0.39, 0.29) is 0 Å². The zero-order valence-corrected chi connectivity index (χ0v) is 12.2. The van der Waals surface area contributed by atoms with Crippen LogP contribution >= 0.6 is 27.5 Å².